The third kappa shape index (κ3) is 2.71. The highest BCUT2D eigenvalue weighted by atomic mass is 35.5. The van der Waals surface area contributed by atoms with Crippen LogP contribution >= 0.6 is 11.6 Å². The molecule has 7 nitrogen and oxygen atoms in total. The summed E-state index contributed by atoms with van der Waals surface area (Å²) in [6.45, 7) is 1.68. The van der Waals surface area contributed by atoms with E-state index >= 15 is 0 Å². The summed E-state index contributed by atoms with van der Waals surface area (Å²) in [5, 5.41) is 16.8. The number of aromatic nitrogens is 1. The number of carbonyl (C=O) groups is 1. The summed E-state index contributed by atoms with van der Waals surface area (Å²) in [6, 6.07) is 5.60. The van der Waals surface area contributed by atoms with Crippen LogP contribution in [0.5, 0.6) is 0 Å². The molecule has 0 saturated carbocycles. The van der Waals surface area contributed by atoms with Gasteiger partial charge in [-0.3, -0.25) is 20.2 Å². The lowest BCUT2D eigenvalue weighted by Crippen LogP contribution is -2.13. The molecule has 0 radical (unpaired) electrons. The maximum Gasteiger partial charge on any atom is 0.300 e. The maximum absolute atomic E-state index is 11.9. The van der Waals surface area contributed by atoms with Crippen LogP contribution in [0.2, 0.25) is 5.02 Å². The summed E-state index contributed by atoms with van der Waals surface area (Å²) in [5.74, 6) is -0.581. The van der Waals surface area contributed by atoms with Crippen molar-refractivity contribution < 1.29 is 14.2 Å². The predicted octanol–water partition coefficient (Wildman–Crippen LogP) is 2.80. The van der Waals surface area contributed by atoms with Gasteiger partial charge in [-0.1, -0.05) is 22.8 Å². The molecule has 0 atom stereocenters. The van der Waals surface area contributed by atoms with E-state index in [0.29, 0.717) is 5.69 Å². The van der Waals surface area contributed by atoms with E-state index < -0.39 is 16.5 Å². The van der Waals surface area contributed by atoms with Gasteiger partial charge in [-0.25, -0.2) is 0 Å². The van der Waals surface area contributed by atoms with E-state index in [1.165, 1.54) is 24.3 Å². The number of amides is 1. The number of nitro groups is 1. The van der Waals surface area contributed by atoms with E-state index in [2.05, 4.69) is 10.5 Å². The number of anilines is 1. The smallest absolute Gasteiger partial charge is 0.300 e. The van der Waals surface area contributed by atoms with Crippen LogP contribution in [0, 0.1) is 17.0 Å². The normalized spacial score (nSPS) is 10.2. The Labute approximate surface area is 112 Å². The number of aryl methyl sites for hydroxylation is 1. The van der Waals surface area contributed by atoms with Gasteiger partial charge in [-0.2, -0.15) is 0 Å². The Kier molecular flexibility index (Phi) is 3.48. The molecule has 8 heteroatoms. The Balaban J connectivity index is 2.34. The molecule has 98 valence electrons. The van der Waals surface area contributed by atoms with Crippen LogP contribution < -0.4 is 5.32 Å². The van der Waals surface area contributed by atoms with E-state index in [-0.39, 0.29) is 16.5 Å². The van der Waals surface area contributed by atoms with Gasteiger partial charge in [0.15, 0.2) is 0 Å². The molecule has 1 aromatic heterocycles. The lowest BCUT2D eigenvalue weighted by Gasteiger charge is -2.03. The minimum absolute atomic E-state index is 0.105. The van der Waals surface area contributed by atoms with Crippen molar-refractivity contribution in [2.24, 2.45) is 0 Å². The molecule has 0 fully saturated rings. The minimum Gasteiger partial charge on any atom is -0.338 e. The van der Waals surface area contributed by atoms with Gasteiger partial charge in [-0.15, -0.1) is 0 Å². The van der Waals surface area contributed by atoms with Gasteiger partial charge >= 0.3 is 5.69 Å². The molecule has 1 N–H and O–H groups in total. The quantitative estimate of drug-likeness (QED) is 0.689. The number of carbonyl (C=O) groups excluding carboxylic acids is 1. The number of nitrogens with zero attached hydrogens (tertiary/aromatic N) is 2. The molecule has 2 rings (SSSR count). The van der Waals surface area contributed by atoms with Crippen molar-refractivity contribution >= 4 is 29.1 Å². The molecule has 0 bridgehead atoms. The number of benzene rings is 1. The SMILES string of the molecule is Cc1cc(NC(=O)c2cccc(Cl)c2[N+](=O)[O-])on1. The van der Waals surface area contributed by atoms with Crippen LogP contribution in [-0.4, -0.2) is 16.0 Å². The van der Waals surface area contributed by atoms with Crippen LogP contribution in [0.1, 0.15) is 16.1 Å². The molecule has 1 heterocycles. The zero-order valence-corrected chi connectivity index (χ0v) is 10.5. The van der Waals surface area contributed by atoms with Crippen LogP contribution in [0.25, 0.3) is 0 Å². The van der Waals surface area contributed by atoms with Crippen molar-refractivity contribution in [2.45, 2.75) is 6.92 Å². The molecule has 0 aliphatic rings. The Bertz CT molecular complexity index is 653. The fourth-order valence-corrected chi connectivity index (χ4v) is 1.73. The van der Waals surface area contributed by atoms with Gasteiger partial charge < -0.3 is 4.52 Å². The highest BCUT2D eigenvalue weighted by molar-refractivity contribution is 6.33. The van der Waals surface area contributed by atoms with Crippen LogP contribution in [-0.2, 0) is 0 Å². The van der Waals surface area contributed by atoms with Crippen LogP contribution in [0.15, 0.2) is 28.8 Å². The van der Waals surface area contributed by atoms with Crippen molar-refractivity contribution in [1.29, 1.82) is 0 Å². The topological polar surface area (TPSA) is 98.3 Å². The molecule has 0 spiro atoms. The monoisotopic (exact) mass is 281 g/mol. The lowest BCUT2D eigenvalue weighted by molar-refractivity contribution is -0.385. The second-order valence-corrected chi connectivity index (χ2v) is 4.09. The highest BCUT2D eigenvalue weighted by Gasteiger charge is 2.24. The Morgan fingerprint density at radius 2 is 2.26 bits per heavy atom. The van der Waals surface area contributed by atoms with E-state index in [0.717, 1.165) is 0 Å². The molecule has 19 heavy (non-hydrogen) atoms. The Hall–Kier alpha value is -2.41. The van der Waals surface area contributed by atoms with Crippen molar-refractivity contribution in [3.8, 4) is 0 Å². The summed E-state index contributed by atoms with van der Waals surface area (Å²) in [4.78, 5) is 22.1. The number of hydrogen-bond acceptors (Lipinski definition) is 5. The molecular weight excluding hydrogens is 274 g/mol. The molecule has 0 aliphatic carbocycles. The number of para-hydroxylation sites is 1. The first kappa shape index (κ1) is 13.0. The first-order valence-corrected chi connectivity index (χ1v) is 5.54. The number of nitrogens with one attached hydrogen (secondary N) is 1. The number of halogens is 1. The number of hydrogen-bond donors (Lipinski definition) is 1. The Morgan fingerprint density at radius 1 is 1.53 bits per heavy atom. The summed E-state index contributed by atoms with van der Waals surface area (Å²) in [6.07, 6.45) is 0. The van der Waals surface area contributed by atoms with Gasteiger partial charge in [-0.05, 0) is 19.1 Å². The summed E-state index contributed by atoms with van der Waals surface area (Å²) < 4.78 is 4.80. The van der Waals surface area contributed by atoms with Gasteiger partial charge in [0.2, 0.25) is 5.88 Å². The standard InChI is InChI=1S/C11H8ClN3O4/c1-6-5-9(19-14-6)13-11(16)7-3-2-4-8(12)10(7)15(17)18/h2-5H,1H3,(H,13,16). The van der Waals surface area contributed by atoms with Gasteiger partial charge in [0.05, 0.1) is 10.6 Å². The van der Waals surface area contributed by atoms with Gasteiger partial charge in [0.25, 0.3) is 5.91 Å². The third-order valence-electron chi connectivity index (χ3n) is 2.28. The fourth-order valence-electron chi connectivity index (χ4n) is 1.49. The molecular formula is C11H8ClN3O4. The maximum atomic E-state index is 11.9. The van der Waals surface area contributed by atoms with Gasteiger partial charge in [0, 0.05) is 6.07 Å². The number of nitro benzene ring substituents is 1. The summed E-state index contributed by atoms with van der Waals surface area (Å²) in [5.41, 5.74) is -0.0136. The van der Waals surface area contributed by atoms with E-state index in [1.807, 2.05) is 0 Å². The van der Waals surface area contributed by atoms with Crippen molar-refractivity contribution in [3.63, 3.8) is 0 Å². The second kappa shape index (κ2) is 5.07. The Morgan fingerprint density at radius 3 is 2.84 bits per heavy atom. The van der Waals surface area contributed by atoms with E-state index in [4.69, 9.17) is 16.1 Å². The highest BCUT2D eigenvalue weighted by Crippen LogP contribution is 2.28. The minimum atomic E-state index is -0.705. The molecule has 0 saturated heterocycles. The average Bonchev–Trinajstić information content (AvgIpc) is 2.73. The zero-order valence-electron chi connectivity index (χ0n) is 9.71. The van der Waals surface area contributed by atoms with Crippen molar-refractivity contribution in [3.05, 3.63) is 50.7 Å². The average molecular weight is 282 g/mol. The fraction of sp³-hybridized carbons (Fsp3) is 0.0909. The lowest BCUT2D eigenvalue weighted by atomic mass is 10.1. The van der Waals surface area contributed by atoms with Gasteiger partial charge in [0.1, 0.15) is 10.6 Å². The van der Waals surface area contributed by atoms with E-state index in [9.17, 15) is 14.9 Å². The molecule has 1 aromatic carbocycles. The van der Waals surface area contributed by atoms with E-state index in [1.54, 1.807) is 6.92 Å². The third-order valence-corrected chi connectivity index (χ3v) is 2.58. The molecule has 0 aliphatic heterocycles. The van der Waals surface area contributed by atoms with Crippen molar-refractivity contribution in [1.82, 2.24) is 5.16 Å². The summed E-state index contributed by atoms with van der Waals surface area (Å²) >= 11 is 5.72. The van der Waals surface area contributed by atoms with Crippen LogP contribution in [0.4, 0.5) is 11.6 Å². The first-order valence-electron chi connectivity index (χ1n) is 5.16. The first-order chi connectivity index (χ1) is 8.99. The molecule has 1 amide bonds. The van der Waals surface area contributed by atoms with Crippen molar-refractivity contribution in [2.75, 3.05) is 5.32 Å². The predicted molar refractivity (Wildman–Crippen MR) is 67.3 cm³/mol. The molecule has 0 unspecified atom stereocenters. The summed E-state index contributed by atoms with van der Waals surface area (Å²) in [7, 11) is 0. The number of rotatable bonds is 3. The van der Waals surface area contributed by atoms with Crippen LogP contribution in [0.3, 0.4) is 0 Å². The largest absolute Gasteiger partial charge is 0.338 e. The second-order valence-electron chi connectivity index (χ2n) is 3.68. The zero-order chi connectivity index (χ0) is 14.0. The molecule has 2 aromatic rings.